The zero-order valence-electron chi connectivity index (χ0n) is 9.76. The zero-order valence-corrected chi connectivity index (χ0v) is 10.6. The highest BCUT2D eigenvalue weighted by molar-refractivity contribution is 7.89. The summed E-state index contributed by atoms with van der Waals surface area (Å²) in [6.07, 6.45) is 3.01. The molecule has 2 rings (SSSR count). The molecular weight excluding hydrogens is 242 g/mol. The lowest BCUT2D eigenvalue weighted by atomic mass is 10.0. The number of imidazole rings is 1. The molecule has 2 N–H and O–H groups in total. The van der Waals surface area contributed by atoms with Gasteiger partial charge in [0.05, 0.1) is 6.20 Å². The van der Waals surface area contributed by atoms with Crippen molar-refractivity contribution in [2.75, 3.05) is 19.7 Å². The van der Waals surface area contributed by atoms with Gasteiger partial charge in [-0.15, -0.1) is 0 Å². The van der Waals surface area contributed by atoms with Crippen LogP contribution in [0.1, 0.15) is 18.7 Å². The van der Waals surface area contributed by atoms with Crippen molar-refractivity contribution in [2.24, 2.45) is 5.92 Å². The molecule has 7 heteroatoms. The summed E-state index contributed by atoms with van der Waals surface area (Å²) in [5.41, 5.74) is 0. The molecular formula is C10H17N3O3S. The Morgan fingerprint density at radius 1 is 1.65 bits per heavy atom. The molecule has 1 aliphatic heterocycles. The number of piperidine rings is 1. The molecule has 0 aromatic carbocycles. The maximum Gasteiger partial charge on any atom is 0.260 e. The summed E-state index contributed by atoms with van der Waals surface area (Å²) in [6, 6.07) is 0. The molecule has 1 unspecified atom stereocenters. The van der Waals surface area contributed by atoms with E-state index in [0.717, 1.165) is 12.8 Å². The highest BCUT2D eigenvalue weighted by atomic mass is 32.2. The number of aryl methyl sites for hydroxylation is 1. The standard InChI is InChI=1S/C10H17N3O3S/c1-8-11-5-10(12-8)17(15,16)13-4-2-3-9(6-13)7-14/h5,9,14H,2-4,6-7H2,1H3,(H,11,12). The predicted molar refractivity (Wildman–Crippen MR) is 61.9 cm³/mol. The molecule has 6 nitrogen and oxygen atoms in total. The van der Waals surface area contributed by atoms with Gasteiger partial charge < -0.3 is 10.1 Å². The van der Waals surface area contributed by atoms with Crippen LogP contribution in [-0.4, -0.2) is 47.5 Å². The Hall–Kier alpha value is -0.920. The van der Waals surface area contributed by atoms with E-state index in [0.29, 0.717) is 18.9 Å². The largest absolute Gasteiger partial charge is 0.396 e. The van der Waals surface area contributed by atoms with Gasteiger partial charge in [-0.05, 0) is 25.7 Å². The first-order chi connectivity index (χ1) is 8.04. The van der Waals surface area contributed by atoms with E-state index in [-0.39, 0.29) is 17.6 Å². The third kappa shape index (κ3) is 2.51. The van der Waals surface area contributed by atoms with Crippen molar-refractivity contribution in [2.45, 2.75) is 24.8 Å². The Morgan fingerprint density at radius 3 is 3.00 bits per heavy atom. The van der Waals surface area contributed by atoms with Crippen molar-refractivity contribution in [3.05, 3.63) is 12.0 Å². The van der Waals surface area contributed by atoms with Crippen LogP contribution >= 0.6 is 0 Å². The van der Waals surface area contributed by atoms with Crippen LogP contribution in [0.5, 0.6) is 0 Å². The summed E-state index contributed by atoms with van der Waals surface area (Å²) >= 11 is 0. The monoisotopic (exact) mass is 259 g/mol. The van der Waals surface area contributed by atoms with Crippen LogP contribution in [-0.2, 0) is 10.0 Å². The normalized spacial score (nSPS) is 22.8. The third-order valence-corrected chi connectivity index (χ3v) is 4.81. The lowest BCUT2D eigenvalue weighted by Gasteiger charge is -2.30. The van der Waals surface area contributed by atoms with Crippen LogP contribution in [0.4, 0.5) is 0 Å². The second-order valence-corrected chi connectivity index (χ2v) is 6.29. The van der Waals surface area contributed by atoms with Gasteiger partial charge in [-0.2, -0.15) is 4.31 Å². The highest BCUT2D eigenvalue weighted by Gasteiger charge is 2.30. The topological polar surface area (TPSA) is 86.3 Å². The van der Waals surface area contributed by atoms with E-state index in [9.17, 15) is 8.42 Å². The minimum Gasteiger partial charge on any atom is -0.396 e. The molecule has 0 bridgehead atoms. The minimum atomic E-state index is -3.48. The van der Waals surface area contributed by atoms with E-state index in [2.05, 4.69) is 9.97 Å². The molecule has 0 amide bonds. The predicted octanol–water partition coefficient (Wildman–Crippen LogP) is 0.111. The zero-order chi connectivity index (χ0) is 12.5. The van der Waals surface area contributed by atoms with E-state index in [1.165, 1.54) is 10.5 Å². The van der Waals surface area contributed by atoms with Crippen molar-refractivity contribution < 1.29 is 13.5 Å². The number of aliphatic hydroxyl groups excluding tert-OH is 1. The fraction of sp³-hybridized carbons (Fsp3) is 0.700. The first-order valence-electron chi connectivity index (χ1n) is 5.66. The summed E-state index contributed by atoms with van der Waals surface area (Å²) in [5, 5.41) is 9.24. The Bertz CT molecular complexity index is 483. The molecule has 1 aromatic rings. The number of nitrogens with one attached hydrogen (secondary N) is 1. The first-order valence-corrected chi connectivity index (χ1v) is 7.10. The second-order valence-electron chi connectivity index (χ2n) is 4.39. The molecule has 1 atom stereocenters. The smallest absolute Gasteiger partial charge is 0.260 e. The summed E-state index contributed by atoms with van der Waals surface area (Å²) in [5.74, 6) is 0.627. The van der Waals surface area contributed by atoms with Crippen LogP contribution in [0.25, 0.3) is 0 Å². The average molecular weight is 259 g/mol. The molecule has 0 spiro atoms. The Labute approximate surface area is 101 Å². The van der Waals surface area contributed by atoms with E-state index >= 15 is 0 Å². The Kier molecular flexibility index (Phi) is 3.50. The number of aliphatic hydroxyl groups is 1. The third-order valence-electron chi connectivity index (χ3n) is 3.04. The lowest BCUT2D eigenvalue weighted by Crippen LogP contribution is -2.41. The van der Waals surface area contributed by atoms with Crippen LogP contribution in [0.2, 0.25) is 0 Å². The van der Waals surface area contributed by atoms with Gasteiger partial charge >= 0.3 is 0 Å². The van der Waals surface area contributed by atoms with Crippen LogP contribution in [0.15, 0.2) is 11.2 Å². The van der Waals surface area contributed by atoms with Gasteiger partial charge in [0, 0.05) is 19.7 Å². The summed E-state index contributed by atoms with van der Waals surface area (Å²) < 4.78 is 25.9. The van der Waals surface area contributed by atoms with E-state index < -0.39 is 10.0 Å². The van der Waals surface area contributed by atoms with Gasteiger partial charge in [0.15, 0.2) is 5.03 Å². The molecule has 1 aliphatic rings. The average Bonchev–Trinajstić information content (AvgIpc) is 2.76. The van der Waals surface area contributed by atoms with Gasteiger partial charge in [-0.25, -0.2) is 13.4 Å². The lowest BCUT2D eigenvalue weighted by molar-refractivity contribution is 0.165. The Morgan fingerprint density at radius 2 is 2.41 bits per heavy atom. The van der Waals surface area contributed by atoms with E-state index in [4.69, 9.17) is 5.11 Å². The number of hydrogen-bond donors (Lipinski definition) is 2. The number of hydrogen-bond acceptors (Lipinski definition) is 4. The molecule has 2 heterocycles. The molecule has 0 aliphatic carbocycles. The number of rotatable bonds is 3. The fourth-order valence-electron chi connectivity index (χ4n) is 2.06. The number of aromatic amines is 1. The minimum absolute atomic E-state index is 0.0357. The van der Waals surface area contributed by atoms with E-state index in [1.54, 1.807) is 6.92 Å². The fourth-order valence-corrected chi connectivity index (χ4v) is 3.58. The van der Waals surface area contributed by atoms with Crippen molar-refractivity contribution in [3.63, 3.8) is 0 Å². The number of sulfonamides is 1. The molecule has 0 saturated carbocycles. The molecule has 0 radical (unpaired) electrons. The SMILES string of the molecule is Cc1ncc(S(=O)(=O)N2CCCC(CO)C2)[nH]1. The summed E-state index contributed by atoms with van der Waals surface area (Å²) in [4.78, 5) is 6.65. The number of H-pyrrole nitrogens is 1. The summed E-state index contributed by atoms with van der Waals surface area (Å²) in [6.45, 7) is 2.65. The molecule has 1 saturated heterocycles. The summed E-state index contributed by atoms with van der Waals surface area (Å²) in [7, 11) is -3.48. The number of aromatic nitrogens is 2. The van der Waals surface area contributed by atoms with Crippen molar-refractivity contribution >= 4 is 10.0 Å². The maximum atomic E-state index is 12.2. The maximum absolute atomic E-state index is 12.2. The van der Waals surface area contributed by atoms with Crippen LogP contribution < -0.4 is 0 Å². The van der Waals surface area contributed by atoms with Gasteiger partial charge in [0.2, 0.25) is 0 Å². The van der Waals surface area contributed by atoms with Gasteiger partial charge in [-0.1, -0.05) is 0 Å². The van der Waals surface area contributed by atoms with Gasteiger partial charge in [0.1, 0.15) is 5.82 Å². The van der Waals surface area contributed by atoms with Gasteiger partial charge in [-0.3, -0.25) is 0 Å². The van der Waals surface area contributed by atoms with Gasteiger partial charge in [0.25, 0.3) is 10.0 Å². The van der Waals surface area contributed by atoms with Crippen LogP contribution in [0, 0.1) is 12.8 Å². The highest BCUT2D eigenvalue weighted by Crippen LogP contribution is 2.22. The van der Waals surface area contributed by atoms with Crippen molar-refractivity contribution in [1.29, 1.82) is 0 Å². The second kappa shape index (κ2) is 4.75. The quantitative estimate of drug-likeness (QED) is 0.806. The first kappa shape index (κ1) is 12.5. The van der Waals surface area contributed by atoms with Crippen molar-refractivity contribution in [3.8, 4) is 0 Å². The molecule has 1 aromatic heterocycles. The van der Waals surface area contributed by atoms with Crippen LogP contribution in [0.3, 0.4) is 0 Å². The number of nitrogens with zero attached hydrogens (tertiary/aromatic N) is 2. The Balaban J connectivity index is 2.21. The van der Waals surface area contributed by atoms with E-state index in [1.807, 2.05) is 0 Å². The molecule has 96 valence electrons. The molecule has 17 heavy (non-hydrogen) atoms. The molecule has 1 fully saturated rings. The van der Waals surface area contributed by atoms with Crippen molar-refractivity contribution in [1.82, 2.24) is 14.3 Å².